The monoisotopic (exact) mass is 275 g/mol. The van der Waals surface area contributed by atoms with Crippen LogP contribution in [0, 0.1) is 0 Å². The summed E-state index contributed by atoms with van der Waals surface area (Å²) in [5.41, 5.74) is 5.84. The van der Waals surface area contributed by atoms with Crippen molar-refractivity contribution in [3.63, 3.8) is 0 Å². The van der Waals surface area contributed by atoms with E-state index in [-0.39, 0.29) is 5.54 Å². The molecule has 3 nitrogen and oxygen atoms in total. The van der Waals surface area contributed by atoms with E-state index in [0.29, 0.717) is 5.02 Å². The zero-order valence-corrected chi connectivity index (χ0v) is 10.1. The van der Waals surface area contributed by atoms with Gasteiger partial charge in [-0.05, 0) is 28.9 Å². The van der Waals surface area contributed by atoms with E-state index in [1.54, 1.807) is 6.20 Å². The summed E-state index contributed by atoms with van der Waals surface area (Å²) in [5.74, 6) is 0.914. The van der Waals surface area contributed by atoms with Crippen molar-refractivity contribution in [3.8, 4) is 0 Å². The Bertz CT molecular complexity index is 359. The van der Waals surface area contributed by atoms with Crippen LogP contribution in [0.2, 0.25) is 5.02 Å². The van der Waals surface area contributed by atoms with Gasteiger partial charge in [0.05, 0.1) is 9.50 Å². The number of anilines is 1. The molecule has 1 aromatic rings. The number of pyridine rings is 1. The molecule has 0 radical (unpaired) electrons. The lowest BCUT2D eigenvalue weighted by atomic mass is 9.94. The molecule has 0 aliphatic carbocycles. The van der Waals surface area contributed by atoms with Crippen LogP contribution in [0.5, 0.6) is 0 Å². The molecule has 0 unspecified atom stereocenters. The van der Waals surface area contributed by atoms with E-state index in [4.69, 9.17) is 17.3 Å². The minimum atomic E-state index is -0.0826. The molecule has 1 fully saturated rings. The summed E-state index contributed by atoms with van der Waals surface area (Å²) in [5, 5.41) is 0.636. The zero-order valence-electron chi connectivity index (χ0n) is 7.80. The lowest BCUT2D eigenvalue weighted by Crippen LogP contribution is -2.65. The summed E-state index contributed by atoms with van der Waals surface area (Å²) in [4.78, 5) is 6.38. The first-order valence-electron chi connectivity index (χ1n) is 4.33. The second-order valence-electron chi connectivity index (χ2n) is 3.97. The Morgan fingerprint density at radius 2 is 2.29 bits per heavy atom. The minimum Gasteiger partial charge on any atom is -0.352 e. The largest absolute Gasteiger partial charge is 0.352 e. The molecule has 14 heavy (non-hydrogen) atoms. The van der Waals surface area contributed by atoms with Crippen LogP contribution in [-0.4, -0.2) is 23.6 Å². The van der Waals surface area contributed by atoms with Crippen molar-refractivity contribution in [3.05, 3.63) is 21.8 Å². The van der Waals surface area contributed by atoms with Gasteiger partial charge < -0.3 is 10.6 Å². The van der Waals surface area contributed by atoms with Crippen LogP contribution in [0.4, 0.5) is 5.82 Å². The molecule has 5 heteroatoms. The SMILES string of the molecule is CC1(N)CN(c2ncc(Cl)cc2Br)C1. The van der Waals surface area contributed by atoms with Crippen molar-refractivity contribution in [2.24, 2.45) is 5.73 Å². The number of hydrogen-bond donors (Lipinski definition) is 1. The molecular formula is C9H11BrClN3. The smallest absolute Gasteiger partial charge is 0.143 e. The molecule has 1 aliphatic rings. The Hall–Kier alpha value is -0.320. The Morgan fingerprint density at radius 3 is 2.79 bits per heavy atom. The third kappa shape index (κ3) is 1.87. The molecule has 2 heterocycles. The number of hydrogen-bond acceptors (Lipinski definition) is 3. The van der Waals surface area contributed by atoms with Gasteiger partial charge in [-0.2, -0.15) is 0 Å². The first-order chi connectivity index (χ1) is 6.48. The van der Waals surface area contributed by atoms with Crippen LogP contribution in [0.15, 0.2) is 16.7 Å². The number of nitrogens with two attached hydrogens (primary N) is 1. The van der Waals surface area contributed by atoms with Crippen molar-refractivity contribution < 1.29 is 0 Å². The van der Waals surface area contributed by atoms with E-state index in [1.807, 2.05) is 13.0 Å². The van der Waals surface area contributed by atoms with Gasteiger partial charge in [-0.1, -0.05) is 11.6 Å². The maximum Gasteiger partial charge on any atom is 0.143 e. The van der Waals surface area contributed by atoms with Gasteiger partial charge in [0.2, 0.25) is 0 Å². The number of aromatic nitrogens is 1. The topological polar surface area (TPSA) is 42.1 Å². The molecule has 0 bridgehead atoms. The zero-order chi connectivity index (χ0) is 10.3. The van der Waals surface area contributed by atoms with Crippen LogP contribution in [0.1, 0.15) is 6.92 Å². The summed E-state index contributed by atoms with van der Waals surface area (Å²) in [7, 11) is 0. The Morgan fingerprint density at radius 1 is 1.64 bits per heavy atom. The van der Waals surface area contributed by atoms with Crippen molar-refractivity contribution >= 4 is 33.3 Å². The van der Waals surface area contributed by atoms with Crippen LogP contribution < -0.4 is 10.6 Å². The predicted octanol–water partition coefficient (Wildman–Crippen LogP) is 2.03. The van der Waals surface area contributed by atoms with Crippen molar-refractivity contribution in [2.45, 2.75) is 12.5 Å². The van der Waals surface area contributed by atoms with Crippen molar-refractivity contribution in [1.82, 2.24) is 4.98 Å². The van der Waals surface area contributed by atoms with E-state index in [9.17, 15) is 0 Å². The van der Waals surface area contributed by atoms with Crippen LogP contribution in [0.3, 0.4) is 0 Å². The van der Waals surface area contributed by atoms with Crippen LogP contribution >= 0.6 is 27.5 Å². The predicted molar refractivity (Wildman–Crippen MR) is 61.8 cm³/mol. The molecule has 2 rings (SSSR count). The molecule has 1 aromatic heterocycles. The maximum atomic E-state index is 5.92. The fraction of sp³-hybridized carbons (Fsp3) is 0.444. The molecule has 0 atom stereocenters. The fourth-order valence-corrected chi connectivity index (χ4v) is 2.50. The number of rotatable bonds is 1. The van der Waals surface area contributed by atoms with Gasteiger partial charge in [0, 0.05) is 24.8 Å². The molecule has 0 spiro atoms. The maximum absolute atomic E-state index is 5.92. The molecular weight excluding hydrogens is 265 g/mol. The average Bonchev–Trinajstić information content (AvgIpc) is 2.00. The Kier molecular flexibility index (Phi) is 2.45. The van der Waals surface area contributed by atoms with Crippen LogP contribution in [-0.2, 0) is 0 Å². The summed E-state index contributed by atoms with van der Waals surface area (Å²) >= 11 is 9.23. The van der Waals surface area contributed by atoms with E-state index in [2.05, 4.69) is 25.8 Å². The second kappa shape index (κ2) is 3.36. The molecule has 0 amide bonds. The van der Waals surface area contributed by atoms with Gasteiger partial charge in [-0.25, -0.2) is 4.98 Å². The van der Waals surface area contributed by atoms with Gasteiger partial charge >= 0.3 is 0 Å². The first kappa shape index (κ1) is 10.2. The second-order valence-corrected chi connectivity index (χ2v) is 5.26. The highest BCUT2D eigenvalue weighted by Gasteiger charge is 2.36. The lowest BCUT2D eigenvalue weighted by molar-refractivity contribution is 0.362. The van der Waals surface area contributed by atoms with E-state index >= 15 is 0 Å². The van der Waals surface area contributed by atoms with Gasteiger partial charge in [0.15, 0.2) is 0 Å². The van der Waals surface area contributed by atoms with Gasteiger partial charge in [-0.15, -0.1) is 0 Å². The molecule has 1 saturated heterocycles. The quantitative estimate of drug-likeness (QED) is 0.853. The van der Waals surface area contributed by atoms with Crippen molar-refractivity contribution in [1.29, 1.82) is 0 Å². The molecule has 1 aliphatic heterocycles. The molecule has 0 aromatic carbocycles. The summed E-state index contributed by atoms with van der Waals surface area (Å²) < 4.78 is 0.917. The standard InChI is InChI=1S/C9H11BrClN3/c1-9(12)4-14(5-9)8-7(10)2-6(11)3-13-8/h2-3H,4-5,12H2,1H3. The summed E-state index contributed by atoms with van der Waals surface area (Å²) in [6.07, 6.45) is 1.65. The van der Waals surface area contributed by atoms with Gasteiger partial charge in [0.1, 0.15) is 5.82 Å². The van der Waals surface area contributed by atoms with E-state index in [0.717, 1.165) is 23.4 Å². The first-order valence-corrected chi connectivity index (χ1v) is 5.50. The third-order valence-electron chi connectivity index (χ3n) is 2.19. The fourth-order valence-electron chi connectivity index (χ4n) is 1.62. The molecule has 76 valence electrons. The molecule has 0 saturated carbocycles. The molecule has 2 N–H and O–H groups in total. The van der Waals surface area contributed by atoms with E-state index in [1.165, 1.54) is 0 Å². The highest BCUT2D eigenvalue weighted by atomic mass is 79.9. The average molecular weight is 277 g/mol. The summed E-state index contributed by atoms with van der Waals surface area (Å²) in [6.45, 7) is 3.70. The minimum absolute atomic E-state index is 0.0826. The highest BCUT2D eigenvalue weighted by molar-refractivity contribution is 9.10. The Labute approximate surface area is 96.4 Å². The highest BCUT2D eigenvalue weighted by Crippen LogP contribution is 2.31. The third-order valence-corrected chi connectivity index (χ3v) is 2.98. The Balaban J connectivity index is 2.19. The number of halogens is 2. The van der Waals surface area contributed by atoms with Gasteiger partial charge in [0.25, 0.3) is 0 Å². The lowest BCUT2D eigenvalue weighted by Gasteiger charge is -2.46. The van der Waals surface area contributed by atoms with E-state index < -0.39 is 0 Å². The number of nitrogens with zero attached hydrogens (tertiary/aromatic N) is 2. The van der Waals surface area contributed by atoms with Gasteiger partial charge in [-0.3, -0.25) is 0 Å². The van der Waals surface area contributed by atoms with Crippen LogP contribution in [0.25, 0.3) is 0 Å². The summed E-state index contributed by atoms with van der Waals surface area (Å²) in [6, 6.07) is 1.84. The van der Waals surface area contributed by atoms with Crippen molar-refractivity contribution in [2.75, 3.05) is 18.0 Å². The normalized spacial score (nSPS) is 19.3.